The number of rotatable bonds is 0. The monoisotopic (exact) mass is 306 g/mol. The third kappa shape index (κ3) is 2.80. The Balaban J connectivity index is 0.000000531. The zero-order chi connectivity index (χ0) is 11.4. The van der Waals surface area contributed by atoms with Crippen molar-refractivity contribution in [2.24, 2.45) is 0 Å². The average Bonchev–Trinajstić information content (AvgIpc) is 2.23. The van der Waals surface area contributed by atoms with E-state index in [1.165, 1.54) is 0 Å². The highest BCUT2D eigenvalue weighted by atomic mass is 79.9. The predicted octanol–water partition coefficient (Wildman–Crippen LogP) is 4.73. The van der Waals surface area contributed by atoms with Gasteiger partial charge in [-0.1, -0.05) is 31.5 Å². The SMILES string of the molecule is CC.Clc1nc(Cl)c2cccc(Br)c2n1. The molecule has 15 heavy (non-hydrogen) atoms. The minimum atomic E-state index is 0.157. The first-order chi connectivity index (χ1) is 7.18. The number of hydrogen-bond donors (Lipinski definition) is 0. The highest BCUT2D eigenvalue weighted by molar-refractivity contribution is 9.10. The zero-order valence-electron chi connectivity index (χ0n) is 8.26. The molecule has 0 fully saturated rings. The van der Waals surface area contributed by atoms with E-state index in [1.54, 1.807) is 0 Å². The van der Waals surface area contributed by atoms with Crippen LogP contribution in [0, 0.1) is 0 Å². The van der Waals surface area contributed by atoms with Crippen LogP contribution >= 0.6 is 39.1 Å². The van der Waals surface area contributed by atoms with E-state index < -0.39 is 0 Å². The Hall–Kier alpha value is -0.380. The van der Waals surface area contributed by atoms with Gasteiger partial charge in [-0.15, -0.1) is 0 Å². The summed E-state index contributed by atoms with van der Waals surface area (Å²) in [6.45, 7) is 4.00. The van der Waals surface area contributed by atoms with Crippen LogP contribution in [0.4, 0.5) is 0 Å². The molecule has 0 aliphatic heterocycles. The summed E-state index contributed by atoms with van der Waals surface area (Å²) in [4.78, 5) is 7.90. The van der Waals surface area contributed by atoms with Crippen LogP contribution in [0.1, 0.15) is 13.8 Å². The maximum Gasteiger partial charge on any atom is 0.224 e. The Bertz CT molecular complexity index is 474. The average molecular weight is 308 g/mol. The second-order valence-electron chi connectivity index (χ2n) is 2.42. The van der Waals surface area contributed by atoms with E-state index in [4.69, 9.17) is 23.2 Å². The molecule has 0 bridgehead atoms. The van der Waals surface area contributed by atoms with E-state index in [1.807, 2.05) is 32.0 Å². The molecule has 2 aromatic rings. The van der Waals surface area contributed by atoms with Crippen LogP contribution in [0.25, 0.3) is 10.9 Å². The molecule has 1 aromatic carbocycles. The quantitative estimate of drug-likeness (QED) is 0.519. The number of para-hydroxylation sites is 1. The molecule has 2 nitrogen and oxygen atoms in total. The van der Waals surface area contributed by atoms with Gasteiger partial charge in [0.05, 0.1) is 5.52 Å². The molecule has 0 aliphatic carbocycles. The predicted molar refractivity (Wildman–Crippen MR) is 68.6 cm³/mol. The second kappa shape index (κ2) is 5.64. The number of hydrogen-bond acceptors (Lipinski definition) is 2. The largest absolute Gasteiger partial charge is 0.224 e. The lowest BCUT2D eigenvalue weighted by Crippen LogP contribution is -1.87. The van der Waals surface area contributed by atoms with E-state index in [0.29, 0.717) is 5.15 Å². The number of aromatic nitrogens is 2. The van der Waals surface area contributed by atoms with Crippen LogP contribution < -0.4 is 0 Å². The van der Waals surface area contributed by atoms with Crippen LogP contribution in [0.5, 0.6) is 0 Å². The van der Waals surface area contributed by atoms with Crippen LogP contribution in [0.15, 0.2) is 22.7 Å². The van der Waals surface area contributed by atoms with Gasteiger partial charge in [0.2, 0.25) is 5.28 Å². The van der Waals surface area contributed by atoms with Crippen molar-refractivity contribution in [1.82, 2.24) is 9.97 Å². The van der Waals surface area contributed by atoms with Crippen molar-refractivity contribution in [3.63, 3.8) is 0 Å². The molecule has 0 aliphatic rings. The standard InChI is InChI=1S/C8H3BrCl2N2.C2H6/c9-5-3-1-2-4-6(5)12-8(11)13-7(4)10;1-2/h1-3H;1-2H3. The van der Waals surface area contributed by atoms with Gasteiger partial charge in [-0.05, 0) is 39.7 Å². The normalized spacial score (nSPS) is 9.67. The van der Waals surface area contributed by atoms with Gasteiger partial charge in [-0.3, -0.25) is 0 Å². The van der Waals surface area contributed by atoms with E-state index >= 15 is 0 Å². The second-order valence-corrected chi connectivity index (χ2v) is 3.97. The fourth-order valence-electron chi connectivity index (χ4n) is 1.05. The van der Waals surface area contributed by atoms with Gasteiger partial charge in [-0.2, -0.15) is 0 Å². The van der Waals surface area contributed by atoms with Gasteiger partial charge in [-0.25, -0.2) is 9.97 Å². The minimum Gasteiger partial charge on any atom is -0.217 e. The van der Waals surface area contributed by atoms with Crippen molar-refractivity contribution in [3.8, 4) is 0 Å². The molecule has 80 valence electrons. The summed E-state index contributed by atoms with van der Waals surface area (Å²) in [6, 6.07) is 5.59. The third-order valence-electron chi connectivity index (χ3n) is 1.60. The van der Waals surface area contributed by atoms with Crippen molar-refractivity contribution in [2.45, 2.75) is 13.8 Å². The third-order valence-corrected chi connectivity index (χ3v) is 2.70. The fraction of sp³-hybridized carbons (Fsp3) is 0.200. The Morgan fingerprint density at radius 2 is 1.80 bits per heavy atom. The molecule has 0 radical (unpaired) electrons. The molecule has 0 amide bonds. The van der Waals surface area contributed by atoms with Gasteiger partial charge in [0.1, 0.15) is 5.15 Å². The van der Waals surface area contributed by atoms with Crippen molar-refractivity contribution < 1.29 is 0 Å². The summed E-state index contributed by atoms with van der Waals surface area (Å²) in [5.74, 6) is 0. The molecule has 0 unspecified atom stereocenters. The van der Waals surface area contributed by atoms with Crippen LogP contribution in [0.2, 0.25) is 10.4 Å². The highest BCUT2D eigenvalue weighted by Gasteiger charge is 2.06. The van der Waals surface area contributed by atoms with Gasteiger partial charge < -0.3 is 0 Å². The topological polar surface area (TPSA) is 25.8 Å². The lowest BCUT2D eigenvalue weighted by atomic mass is 10.2. The van der Waals surface area contributed by atoms with Crippen molar-refractivity contribution in [3.05, 3.63) is 33.1 Å². The number of halogens is 3. The van der Waals surface area contributed by atoms with Crippen LogP contribution in [-0.2, 0) is 0 Å². The summed E-state index contributed by atoms with van der Waals surface area (Å²) < 4.78 is 0.858. The Morgan fingerprint density at radius 1 is 1.13 bits per heavy atom. The highest BCUT2D eigenvalue weighted by Crippen LogP contribution is 2.27. The maximum atomic E-state index is 5.88. The molecule has 0 spiro atoms. The maximum absolute atomic E-state index is 5.88. The first kappa shape index (κ1) is 12.7. The smallest absolute Gasteiger partial charge is 0.217 e. The van der Waals surface area contributed by atoms with Crippen molar-refractivity contribution in [2.75, 3.05) is 0 Å². The fourth-order valence-corrected chi connectivity index (χ4v) is 1.95. The van der Waals surface area contributed by atoms with Crippen molar-refractivity contribution in [1.29, 1.82) is 0 Å². The summed E-state index contributed by atoms with van der Waals surface area (Å²) in [5, 5.41) is 1.32. The molecule has 0 saturated heterocycles. The summed E-state index contributed by atoms with van der Waals surface area (Å²) in [6.07, 6.45) is 0. The number of benzene rings is 1. The van der Waals surface area contributed by atoms with Crippen LogP contribution in [0.3, 0.4) is 0 Å². The molecule has 5 heteroatoms. The summed E-state index contributed by atoms with van der Waals surface area (Å²) in [7, 11) is 0. The van der Waals surface area contributed by atoms with E-state index in [9.17, 15) is 0 Å². The molecule has 1 aromatic heterocycles. The molecule has 0 atom stereocenters. The van der Waals surface area contributed by atoms with Crippen LogP contribution in [-0.4, -0.2) is 9.97 Å². The Labute approximate surface area is 107 Å². The number of nitrogens with zero attached hydrogens (tertiary/aromatic N) is 2. The van der Waals surface area contributed by atoms with Gasteiger partial charge in [0.25, 0.3) is 0 Å². The summed E-state index contributed by atoms with van der Waals surface area (Å²) in [5.41, 5.74) is 0.729. The van der Waals surface area contributed by atoms with Gasteiger partial charge >= 0.3 is 0 Å². The zero-order valence-corrected chi connectivity index (χ0v) is 11.4. The lowest BCUT2D eigenvalue weighted by molar-refractivity contribution is 1.22. The van der Waals surface area contributed by atoms with E-state index in [2.05, 4.69) is 25.9 Å². The van der Waals surface area contributed by atoms with E-state index in [0.717, 1.165) is 15.4 Å². The first-order valence-electron chi connectivity index (χ1n) is 4.46. The number of fused-ring (bicyclic) bond motifs is 1. The molecule has 1 heterocycles. The first-order valence-corrected chi connectivity index (χ1v) is 6.00. The Kier molecular flexibility index (Phi) is 4.77. The molecular formula is C10H9BrCl2N2. The molecule has 2 rings (SSSR count). The Morgan fingerprint density at radius 3 is 2.47 bits per heavy atom. The summed E-state index contributed by atoms with van der Waals surface area (Å²) >= 11 is 14.9. The van der Waals surface area contributed by atoms with Gasteiger partial charge in [0, 0.05) is 9.86 Å². The van der Waals surface area contributed by atoms with Crippen molar-refractivity contribution >= 4 is 50.0 Å². The molecule has 0 N–H and O–H groups in total. The van der Waals surface area contributed by atoms with E-state index in [-0.39, 0.29) is 5.28 Å². The lowest BCUT2D eigenvalue weighted by Gasteiger charge is -2.00. The molecule has 0 saturated carbocycles. The molecular weight excluding hydrogens is 299 g/mol. The van der Waals surface area contributed by atoms with Gasteiger partial charge in [0.15, 0.2) is 0 Å². The minimum absolute atomic E-state index is 0.157.